The Labute approximate surface area is 185 Å². The van der Waals surface area contributed by atoms with Crippen LogP contribution in [0.3, 0.4) is 0 Å². The summed E-state index contributed by atoms with van der Waals surface area (Å²) in [5.41, 5.74) is 10.5. The Kier molecular flexibility index (Phi) is 5.47. The number of thiophene rings is 1. The predicted octanol–water partition coefficient (Wildman–Crippen LogP) is 5.07. The molecule has 1 aliphatic rings. The summed E-state index contributed by atoms with van der Waals surface area (Å²) in [5, 5.41) is 3.70. The first-order valence-electron chi connectivity index (χ1n) is 10.4. The van der Waals surface area contributed by atoms with E-state index >= 15 is 0 Å². The standard InChI is InChI=1S/C24H27N3O3S/c1-24(2,3)15-7-10-18-14(11-15)12-17-19(25)20(31-22(17)27-18)21(28)26-16-8-5-13(6-9-16)23(29)30-4/h5-6,8-9,12,15H,7,10-11,25H2,1-4H3,(H,26,28). The molecule has 2 heterocycles. The number of carbonyl (C=O) groups is 2. The van der Waals surface area contributed by atoms with Crippen LogP contribution in [0.1, 0.15) is 58.5 Å². The van der Waals surface area contributed by atoms with Gasteiger partial charge in [-0.05, 0) is 66.5 Å². The summed E-state index contributed by atoms with van der Waals surface area (Å²) in [6, 6.07) is 8.67. The van der Waals surface area contributed by atoms with Crippen LogP contribution < -0.4 is 11.1 Å². The minimum atomic E-state index is -0.421. The van der Waals surface area contributed by atoms with Crippen LogP contribution in [0.25, 0.3) is 10.2 Å². The van der Waals surface area contributed by atoms with Crippen molar-refractivity contribution in [3.8, 4) is 0 Å². The molecule has 6 nitrogen and oxygen atoms in total. The fraction of sp³-hybridized carbons (Fsp3) is 0.375. The van der Waals surface area contributed by atoms with Gasteiger partial charge >= 0.3 is 5.97 Å². The van der Waals surface area contributed by atoms with Crippen molar-refractivity contribution in [3.63, 3.8) is 0 Å². The van der Waals surface area contributed by atoms with Gasteiger partial charge in [0.2, 0.25) is 0 Å². The number of benzene rings is 1. The lowest BCUT2D eigenvalue weighted by Crippen LogP contribution is -2.27. The zero-order valence-electron chi connectivity index (χ0n) is 18.2. The Balaban J connectivity index is 1.59. The molecule has 3 N–H and O–H groups in total. The van der Waals surface area contributed by atoms with Crippen molar-refractivity contribution in [2.24, 2.45) is 11.3 Å². The van der Waals surface area contributed by atoms with E-state index < -0.39 is 5.97 Å². The van der Waals surface area contributed by atoms with Crippen LogP contribution in [-0.4, -0.2) is 24.0 Å². The summed E-state index contributed by atoms with van der Waals surface area (Å²) < 4.78 is 4.70. The van der Waals surface area contributed by atoms with Crippen LogP contribution in [-0.2, 0) is 17.6 Å². The average Bonchev–Trinajstić information content (AvgIpc) is 3.06. The van der Waals surface area contributed by atoms with E-state index in [1.165, 1.54) is 24.0 Å². The van der Waals surface area contributed by atoms with Crippen molar-refractivity contribution < 1.29 is 14.3 Å². The minimum Gasteiger partial charge on any atom is -0.465 e. The lowest BCUT2D eigenvalue weighted by Gasteiger charge is -2.34. The van der Waals surface area contributed by atoms with Gasteiger partial charge in [-0.3, -0.25) is 4.79 Å². The van der Waals surface area contributed by atoms with Gasteiger partial charge in [-0.25, -0.2) is 9.78 Å². The number of hydrogen-bond acceptors (Lipinski definition) is 6. The zero-order chi connectivity index (χ0) is 22.3. The molecule has 1 amide bonds. The maximum atomic E-state index is 12.9. The monoisotopic (exact) mass is 437 g/mol. The van der Waals surface area contributed by atoms with E-state index in [1.807, 2.05) is 0 Å². The van der Waals surface area contributed by atoms with Crippen LogP contribution in [0.2, 0.25) is 0 Å². The molecule has 0 spiro atoms. The van der Waals surface area contributed by atoms with Gasteiger partial charge in [0.05, 0.1) is 18.4 Å². The van der Waals surface area contributed by atoms with Gasteiger partial charge in [0.1, 0.15) is 9.71 Å². The normalized spacial score (nSPS) is 16.1. The van der Waals surface area contributed by atoms with Crippen LogP contribution in [0.4, 0.5) is 11.4 Å². The van der Waals surface area contributed by atoms with E-state index in [1.54, 1.807) is 24.3 Å². The molecule has 7 heteroatoms. The quantitative estimate of drug-likeness (QED) is 0.558. The Morgan fingerprint density at radius 2 is 1.94 bits per heavy atom. The van der Waals surface area contributed by atoms with E-state index in [0.29, 0.717) is 27.7 Å². The molecule has 1 atom stereocenters. The van der Waals surface area contributed by atoms with Crippen LogP contribution >= 0.6 is 11.3 Å². The number of nitrogens with zero attached hydrogens (tertiary/aromatic N) is 1. The molecule has 1 aromatic carbocycles. The number of nitrogens with two attached hydrogens (primary N) is 1. The van der Waals surface area contributed by atoms with E-state index in [4.69, 9.17) is 15.5 Å². The molecule has 0 saturated carbocycles. The summed E-state index contributed by atoms with van der Waals surface area (Å²) in [7, 11) is 1.33. The number of carbonyl (C=O) groups excluding carboxylic acids is 2. The number of anilines is 2. The molecule has 162 valence electrons. The summed E-state index contributed by atoms with van der Waals surface area (Å²) in [6.45, 7) is 6.86. The smallest absolute Gasteiger partial charge is 0.337 e. The molecule has 0 aliphatic heterocycles. The largest absolute Gasteiger partial charge is 0.465 e. The highest BCUT2D eigenvalue weighted by atomic mass is 32.1. The molecule has 0 bridgehead atoms. The Morgan fingerprint density at radius 3 is 2.58 bits per heavy atom. The molecular formula is C24H27N3O3S. The second-order valence-corrected chi connectivity index (χ2v) is 10.1. The van der Waals surface area contributed by atoms with Gasteiger partial charge in [0, 0.05) is 16.8 Å². The lowest BCUT2D eigenvalue weighted by atomic mass is 9.71. The number of ether oxygens (including phenoxy) is 1. The first-order valence-corrected chi connectivity index (χ1v) is 11.2. The van der Waals surface area contributed by atoms with Crippen molar-refractivity contribution in [1.29, 1.82) is 0 Å². The summed E-state index contributed by atoms with van der Waals surface area (Å²) in [4.78, 5) is 30.6. The van der Waals surface area contributed by atoms with Crippen molar-refractivity contribution in [2.45, 2.75) is 40.0 Å². The first-order chi connectivity index (χ1) is 14.7. The third kappa shape index (κ3) is 4.14. The molecule has 0 radical (unpaired) electrons. The summed E-state index contributed by atoms with van der Waals surface area (Å²) in [6.07, 6.45) is 3.08. The first kappa shape index (κ1) is 21.3. The zero-order valence-corrected chi connectivity index (χ0v) is 19.1. The highest BCUT2D eigenvalue weighted by Crippen LogP contribution is 2.40. The number of amides is 1. The van der Waals surface area contributed by atoms with Crippen molar-refractivity contribution in [3.05, 3.63) is 52.0 Å². The lowest BCUT2D eigenvalue weighted by molar-refractivity contribution is 0.0600. The maximum absolute atomic E-state index is 12.9. The fourth-order valence-corrected chi connectivity index (χ4v) is 5.09. The molecule has 3 aromatic rings. The third-order valence-corrected chi connectivity index (χ3v) is 7.19. The van der Waals surface area contributed by atoms with Crippen LogP contribution in [0.5, 0.6) is 0 Å². The fourth-order valence-electron chi connectivity index (χ4n) is 4.09. The number of methoxy groups -OCH3 is 1. The van der Waals surface area contributed by atoms with Gasteiger partial charge in [0.25, 0.3) is 5.91 Å². The number of rotatable bonds is 3. The van der Waals surface area contributed by atoms with Gasteiger partial charge in [-0.1, -0.05) is 20.8 Å². The van der Waals surface area contributed by atoms with Crippen molar-refractivity contribution in [1.82, 2.24) is 4.98 Å². The highest BCUT2D eigenvalue weighted by Gasteiger charge is 2.30. The number of nitrogen functional groups attached to an aromatic ring is 1. The Bertz CT molecular complexity index is 1160. The molecule has 1 aliphatic carbocycles. The second kappa shape index (κ2) is 7.96. The maximum Gasteiger partial charge on any atom is 0.337 e. The van der Waals surface area contributed by atoms with Crippen molar-refractivity contribution >= 4 is 44.8 Å². The molecule has 1 unspecified atom stereocenters. The summed E-state index contributed by atoms with van der Waals surface area (Å²) >= 11 is 1.32. The number of pyridine rings is 1. The Hall–Kier alpha value is -2.93. The van der Waals surface area contributed by atoms with Crippen molar-refractivity contribution in [2.75, 3.05) is 18.2 Å². The average molecular weight is 438 g/mol. The number of hydrogen-bond donors (Lipinski definition) is 2. The van der Waals surface area contributed by atoms with Gasteiger partial charge in [0.15, 0.2) is 0 Å². The van der Waals surface area contributed by atoms with Gasteiger partial charge < -0.3 is 15.8 Å². The van der Waals surface area contributed by atoms with E-state index in [9.17, 15) is 9.59 Å². The second-order valence-electron chi connectivity index (χ2n) is 9.12. The minimum absolute atomic E-state index is 0.251. The van der Waals surface area contributed by atoms with E-state index in [0.717, 1.165) is 35.2 Å². The molecular weight excluding hydrogens is 410 g/mol. The molecule has 31 heavy (non-hydrogen) atoms. The highest BCUT2D eigenvalue weighted by molar-refractivity contribution is 7.21. The number of fused-ring (bicyclic) bond motifs is 2. The van der Waals surface area contributed by atoms with Gasteiger partial charge in [-0.15, -0.1) is 11.3 Å². The van der Waals surface area contributed by atoms with Gasteiger partial charge in [-0.2, -0.15) is 0 Å². The number of nitrogens with one attached hydrogen (secondary N) is 1. The number of aromatic nitrogens is 1. The Morgan fingerprint density at radius 1 is 1.23 bits per heavy atom. The number of esters is 1. The SMILES string of the molecule is COC(=O)c1ccc(NC(=O)c2sc3nc4c(cc3c2N)CC(C(C)(C)C)CC4)cc1. The number of aryl methyl sites for hydroxylation is 1. The van der Waals surface area contributed by atoms with E-state index in [-0.39, 0.29) is 11.3 Å². The van der Waals surface area contributed by atoms with E-state index in [2.05, 4.69) is 32.2 Å². The van der Waals surface area contributed by atoms with Crippen LogP contribution in [0.15, 0.2) is 30.3 Å². The topological polar surface area (TPSA) is 94.3 Å². The summed E-state index contributed by atoms with van der Waals surface area (Å²) in [5.74, 6) is -0.0953. The predicted molar refractivity (Wildman–Crippen MR) is 125 cm³/mol. The molecule has 2 aromatic heterocycles. The third-order valence-electron chi connectivity index (χ3n) is 6.08. The molecule has 0 fully saturated rings. The molecule has 0 saturated heterocycles. The van der Waals surface area contributed by atoms with Crippen LogP contribution in [0, 0.1) is 11.3 Å². The molecule has 4 rings (SSSR count).